The highest BCUT2D eigenvalue weighted by Gasteiger charge is 2.30. The van der Waals surface area contributed by atoms with Gasteiger partial charge in [0, 0.05) is 17.7 Å². The van der Waals surface area contributed by atoms with Crippen molar-refractivity contribution in [1.82, 2.24) is 15.0 Å². The van der Waals surface area contributed by atoms with Crippen molar-refractivity contribution < 1.29 is 17.9 Å². The number of H-pyrrole nitrogens is 1. The molecule has 1 aliphatic rings. The number of pyridine rings is 1. The molecule has 158 valence electrons. The number of halogens is 4. The molecule has 8 heteroatoms. The van der Waals surface area contributed by atoms with Gasteiger partial charge in [-0.2, -0.15) is 13.2 Å². The van der Waals surface area contributed by atoms with Crippen molar-refractivity contribution in [3.05, 3.63) is 64.3 Å². The highest BCUT2D eigenvalue weighted by Crippen LogP contribution is 2.36. The van der Waals surface area contributed by atoms with Crippen LogP contribution < -0.4 is 4.74 Å². The van der Waals surface area contributed by atoms with Crippen LogP contribution in [-0.4, -0.2) is 15.0 Å². The van der Waals surface area contributed by atoms with Gasteiger partial charge in [-0.25, -0.2) is 4.98 Å². The normalized spacial score (nSPS) is 15.0. The monoisotopic (exact) mass is 435 g/mol. The molecular weight excluding hydrogens is 415 g/mol. The van der Waals surface area contributed by atoms with Crippen LogP contribution in [0, 0.1) is 6.92 Å². The maximum atomic E-state index is 12.6. The van der Waals surface area contributed by atoms with E-state index < -0.39 is 11.7 Å². The fourth-order valence-electron chi connectivity index (χ4n) is 3.74. The third-order valence-corrected chi connectivity index (χ3v) is 5.67. The van der Waals surface area contributed by atoms with E-state index in [2.05, 4.69) is 9.97 Å². The average Bonchev–Trinajstić information content (AvgIpc) is 3.36. The van der Waals surface area contributed by atoms with Crippen LogP contribution in [0.1, 0.15) is 54.2 Å². The largest absolute Gasteiger partial charge is 0.487 e. The molecule has 0 amide bonds. The highest BCUT2D eigenvalue weighted by molar-refractivity contribution is 6.31. The van der Waals surface area contributed by atoms with Crippen LogP contribution in [0.2, 0.25) is 5.15 Å². The van der Waals surface area contributed by atoms with Crippen LogP contribution in [0.4, 0.5) is 13.2 Å². The third-order valence-electron chi connectivity index (χ3n) is 5.40. The number of aromatic nitrogens is 3. The molecule has 0 unspecified atom stereocenters. The first-order valence-corrected chi connectivity index (χ1v) is 10.2. The Morgan fingerprint density at radius 1 is 1.17 bits per heavy atom. The van der Waals surface area contributed by atoms with Crippen LogP contribution in [-0.2, 0) is 12.8 Å². The minimum absolute atomic E-state index is 0.0767. The average molecular weight is 436 g/mol. The van der Waals surface area contributed by atoms with Crippen molar-refractivity contribution >= 4 is 11.6 Å². The van der Waals surface area contributed by atoms with Gasteiger partial charge in [-0.3, -0.25) is 4.98 Å². The van der Waals surface area contributed by atoms with Crippen LogP contribution in [0.3, 0.4) is 0 Å². The Bertz CT molecular complexity index is 1030. The molecule has 1 saturated carbocycles. The summed E-state index contributed by atoms with van der Waals surface area (Å²) in [6.45, 7) is 1.98. The SMILES string of the molecule is Cc1cc(-c2nc(C3CCCC3)[nH]c2Cl)ccc1OCc1ccc(C(F)(F)F)cn1. The van der Waals surface area contributed by atoms with Gasteiger partial charge in [0.25, 0.3) is 0 Å². The molecule has 0 saturated heterocycles. The van der Waals surface area contributed by atoms with Crippen molar-refractivity contribution in [1.29, 1.82) is 0 Å². The summed E-state index contributed by atoms with van der Waals surface area (Å²) in [5.74, 6) is 2.01. The molecule has 3 aromatic rings. The van der Waals surface area contributed by atoms with Crippen molar-refractivity contribution in [3.63, 3.8) is 0 Å². The van der Waals surface area contributed by atoms with Gasteiger partial charge >= 0.3 is 6.18 Å². The number of aromatic amines is 1. The van der Waals surface area contributed by atoms with E-state index in [1.807, 2.05) is 25.1 Å². The molecule has 2 heterocycles. The Hall–Kier alpha value is -2.54. The van der Waals surface area contributed by atoms with Gasteiger partial charge in [0.05, 0.1) is 11.3 Å². The topological polar surface area (TPSA) is 50.8 Å². The first-order chi connectivity index (χ1) is 14.3. The number of nitrogens with one attached hydrogen (secondary N) is 1. The summed E-state index contributed by atoms with van der Waals surface area (Å²) in [7, 11) is 0. The minimum Gasteiger partial charge on any atom is -0.487 e. The van der Waals surface area contributed by atoms with E-state index in [1.54, 1.807) is 0 Å². The van der Waals surface area contributed by atoms with Crippen molar-refractivity contribution in [2.75, 3.05) is 0 Å². The van der Waals surface area contributed by atoms with Gasteiger partial charge < -0.3 is 9.72 Å². The maximum absolute atomic E-state index is 12.6. The predicted molar refractivity (Wildman–Crippen MR) is 109 cm³/mol. The van der Waals surface area contributed by atoms with E-state index in [0.717, 1.165) is 47.8 Å². The van der Waals surface area contributed by atoms with Gasteiger partial charge in [0.1, 0.15) is 29.0 Å². The summed E-state index contributed by atoms with van der Waals surface area (Å²) in [4.78, 5) is 11.8. The lowest BCUT2D eigenvalue weighted by Crippen LogP contribution is -2.07. The predicted octanol–water partition coefficient (Wildman–Crippen LogP) is 6.69. The first kappa shape index (κ1) is 20.7. The zero-order valence-electron chi connectivity index (χ0n) is 16.4. The van der Waals surface area contributed by atoms with E-state index in [4.69, 9.17) is 21.3 Å². The van der Waals surface area contributed by atoms with E-state index in [-0.39, 0.29) is 6.61 Å². The standard InChI is InChI=1S/C22H21ClF3N3O/c1-13-10-15(19-20(23)29-21(28-19)14-4-2-3-5-14)6-9-18(13)30-12-17-8-7-16(11-27-17)22(24,25)26/h6-11,14H,2-5,12H2,1H3,(H,28,29). The molecule has 1 N–H and O–H groups in total. The fraction of sp³-hybridized carbons (Fsp3) is 0.364. The number of ether oxygens (including phenoxy) is 1. The minimum atomic E-state index is -4.40. The molecule has 0 radical (unpaired) electrons. The van der Waals surface area contributed by atoms with Gasteiger partial charge in [0.2, 0.25) is 0 Å². The van der Waals surface area contributed by atoms with Crippen LogP contribution in [0.5, 0.6) is 5.75 Å². The molecule has 1 aromatic carbocycles. The summed E-state index contributed by atoms with van der Waals surface area (Å²) >= 11 is 6.40. The Labute approximate surface area is 177 Å². The Balaban J connectivity index is 1.46. The number of benzene rings is 1. The Morgan fingerprint density at radius 3 is 2.57 bits per heavy atom. The number of hydrogen-bond donors (Lipinski definition) is 1. The molecule has 1 fully saturated rings. The summed E-state index contributed by atoms with van der Waals surface area (Å²) in [5.41, 5.74) is 2.12. The summed E-state index contributed by atoms with van der Waals surface area (Å²) < 4.78 is 43.6. The van der Waals surface area contributed by atoms with Crippen LogP contribution in [0.15, 0.2) is 36.5 Å². The van der Waals surface area contributed by atoms with E-state index in [0.29, 0.717) is 22.5 Å². The lowest BCUT2D eigenvalue weighted by molar-refractivity contribution is -0.137. The Kier molecular flexibility index (Phi) is 5.73. The lowest BCUT2D eigenvalue weighted by Gasteiger charge is -2.11. The van der Waals surface area contributed by atoms with Gasteiger partial charge in [-0.1, -0.05) is 24.4 Å². The van der Waals surface area contributed by atoms with Crippen LogP contribution >= 0.6 is 11.6 Å². The second-order valence-corrected chi connectivity index (χ2v) is 7.95. The first-order valence-electron chi connectivity index (χ1n) is 9.82. The summed E-state index contributed by atoms with van der Waals surface area (Å²) in [6.07, 6.45) is 1.12. The molecule has 2 aromatic heterocycles. The summed E-state index contributed by atoms with van der Waals surface area (Å²) in [6, 6.07) is 7.96. The van der Waals surface area contributed by atoms with Crippen LogP contribution in [0.25, 0.3) is 11.3 Å². The summed E-state index contributed by atoms with van der Waals surface area (Å²) in [5, 5.41) is 0.527. The van der Waals surface area contributed by atoms with Gasteiger partial charge in [-0.05, 0) is 55.7 Å². The second-order valence-electron chi connectivity index (χ2n) is 7.57. The van der Waals surface area contributed by atoms with E-state index in [9.17, 15) is 13.2 Å². The van der Waals surface area contributed by atoms with Gasteiger partial charge in [0.15, 0.2) is 0 Å². The second kappa shape index (κ2) is 8.30. The number of alkyl halides is 3. The molecule has 4 nitrogen and oxygen atoms in total. The number of imidazole rings is 1. The van der Waals surface area contributed by atoms with Crippen molar-refractivity contribution in [2.24, 2.45) is 0 Å². The van der Waals surface area contributed by atoms with Crippen molar-refractivity contribution in [3.8, 4) is 17.0 Å². The molecule has 4 rings (SSSR count). The number of rotatable bonds is 5. The maximum Gasteiger partial charge on any atom is 0.417 e. The smallest absolute Gasteiger partial charge is 0.417 e. The molecule has 0 atom stereocenters. The fourth-order valence-corrected chi connectivity index (χ4v) is 3.99. The third kappa shape index (κ3) is 4.46. The quantitative estimate of drug-likeness (QED) is 0.485. The number of aryl methyl sites for hydroxylation is 1. The highest BCUT2D eigenvalue weighted by atomic mass is 35.5. The van der Waals surface area contributed by atoms with Gasteiger partial charge in [-0.15, -0.1) is 0 Å². The van der Waals surface area contributed by atoms with Crippen molar-refractivity contribution in [2.45, 2.75) is 51.3 Å². The zero-order valence-corrected chi connectivity index (χ0v) is 17.1. The molecular formula is C22H21ClF3N3O. The van der Waals surface area contributed by atoms with E-state index in [1.165, 1.54) is 18.9 Å². The zero-order chi connectivity index (χ0) is 21.3. The number of hydrogen-bond acceptors (Lipinski definition) is 3. The lowest BCUT2D eigenvalue weighted by atomic mass is 10.1. The Morgan fingerprint density at radius 2 is 1.93 bits per heavy atom. The number of nitrogens with zero attached hydrogens (tertiary/aromatic N) is 2. The molecule has 0 spiro atoms. The van der Waals surface area contributed by atoms with E-state index >= 15 is 0 Å². The molecule has 30 heavy (non-hydrogen) atoms. The molecule has 1 aliphatic carbocycles. The molecule has 0 aliphatic heterocycles. The molecule has 0 bridgehead atoms.